The minimum Gasteiger partial charge on any atom is -0.444 e. The topological polar surface area (TPSA) is 93.2 Å². The number of imide groups is 1. The summed E-state index contributed by atoms with van der Waals surface area (Å²) in [5, 5.41) is 0.534. The van der Waals surface area contributed by atoms with Gasteiger partial charge in [-0.25, -0.2) is 9.59 Å². The Labute approximate surface area is 156 Å². The lowest BCUT2D eigenvalue weighted by molar-refractivity contribution is -0.171. The Morgan fingerprint density at radius 1 is 1.00 bits per heavy atom. The third-order valence-corrected chi connectivity index (χ3v) is 5.06. The molecule has 0 radical (unpaired) electrons. The molecule has 1 saturated carbocycles. The number of rotatable bonds is 2. The zero-order valence-corrected chi connectivity index (χ0v) is 15.3. The molecule has 1 aromatic rings. The van der Waals surface area contributed by atoms with Gasteiger partial charge in [0.1, 0.15) is 5.60 Å². The van der Waals surface area contributed by atoms with Gasteiger partial charge in [0.05, 0.1) is 17.0 Å². The maximum atomic E-state index is 12.4. The fourth-order valence-corrected chi connectivity index (χ4v) is 3.75. The van der Waals surface area contributed by atoms with Crippen molar-refractivity contribution in [1.82, 2.24) is 9.96 Å². The lowest BCUT2D eigenvalue weighted by Crippen LogP contribution is -2.38. The minimum absolute atomic E-state index is 0.0276. The molecule has 3 amide bonds. The maximum absolute atomic E-state index is 12.4. The lowest BCUT2D eigenvalue weighted by Gasteiger charge is -2.25. The highest BCUT2D eigenvalue weighted by Crippen LogP contribution is 2.52. The maximum Gasteiger partial charge on any atom is 0.410 e. The predicted molar refractivity (Wildman–Crippen MR) is 91.3 cm³/mol. The summed E-state index contributed by atoms with van der Waals surface area (Å²) < 4.78 is 5.33. The number of carbonyl (C=O) groups is 4. The van der Waals surface area contributed by atoms with E-state index in [9.17, 15) is 19.2 Å². The van der Waals surface area contributed by atoms with Gasteiger partial charge >= 0.3 is 12.1 Å². The molecule has 0 aromatic heterocycles. The van der Waals surface area contributed by atoms with Crippen LogP contribution in [0.4, 0.5) is 4.79 Å². The molecule has 0 spiro atoms. The molecule has 4 rings (SSSR count). The fraction of sp³-hybridized carbons (Fsp3) is 0.474. The van der Waals surface area contributed by atoms with Gasteiger partial charge in [-0.05, 0) is 44.7 Å². The Kier molecular flexibility index (Phi) is 3.76. The van der Waals surface area contributed by atoms with Crippen LogP contribution in [0.25, 0.3) is 0 Å². The Balaban J connectivity index is 1.35. The standard InChI is InChI=1S/C19H20N2O6/c1-19(2,3)26-18(25)20-8-12-13(9-20)14(12)17(24)27-21-15(22)10-6-4-5-7-11(10)16(21)23/h4-7,12-14H,8-9H2,1-3H3/t12-,13+,14?. The van der Waals surface area contributed by atoms with Crippen molar-refractivity contribution in [2.24, 2.45) is 17.8 Å². The number of amides is 3. The van der Waals surface area contributed by atoms with Crippen LogP contribution in [0.3, 0.4) is 0 Å². The molecule has 142 valence electrons. The van der Waals surface area contributed by atoms with Crippen molar-refractivity contribution in [3.8, 4) is 0 Å². The molecule has 8 nitrogen and oxygen atoms in total. The zero-order valence-electron chi connectivity index (χ0n) is 15.3. The van der Waals surface area contributed by atoms with Crippen LogP contribution in [-0.2, 0) is 14.4 Å². The molecule has 8 heteroatoms. The second-order valence-corrected chi connectivity index (χ2v) is 8.10. The number of hydrogen-bond acceptors (Lipinski definition) is 6. The van der Waals surface area contributed by atoms with E-state index in [4.69, 9.17) is 9.57 Å². The van der Waals surface area contributed by atoms with Crippen molar-refractivity contribution >= 4 is 23.9 Å². The number of hydrogen-bond donors (Lipinski definition) is 0. The van der Waals surface area contributed by atoms with Crippen molar-refractivity contribution in [2.75, 3.05) is 13.1 Å². The number of ether oxygens (including phenoxy) is 1. The third kappa shape index (κ3) is 2.94. The Morgan fingerprint density at radius 2 is 1.52 bits per heavy atom. The smallest absolute Gasteiger partial charge is 0.410 e. The predicted octanol–water partition coefficient (Wildman–Crippen LogP) is 1.85. The summed E-state index contributed by atoms with van der Waals surface area (Å²) in [5.74, 6) is -2.34. The molecule has 3 aliphatic rings. The lowest BCUT2D eigenvalue weighted by atomic mass is 10.1. The first-order chi connectivity index (χ1) is 12.7. The van der Waals surface area contributed by atoms with E-state index >= 15 is 0 Å². The van der Waals surface area contributed by atoms with E-state index in [0.29, 0.717) is 18.2 Å². The molecule has 0 bridgehead atoms. The molecule has 2 aliphatic heterocycles. The van der Waals surface area contributed by atoms with E-state index in [1.807, 2.05) is 0 Å². The summed E-state index contributed by atoms with van der Waals surface area (Å²) in [6.07, 6.45) is -0.401. The molecule has 2 fully saturated rings. The molecular weight excluding hydrogens is 352 g/mol. The van der Waals surface area contributed by atoms with Crippen molar-refractivity contribution in [3.63, 3.8) is 0 Å². The molecule has 3 atom stereocenters. The monoisotopic (exact) mass is 372 g/mol. The van der Waals surface area contributed by atoms with Gasteiger partial charge in [0.15, 0.2) is 0 Å². The number of benzene rings is 1. The number of carbonyl (C=O) groups excluding carboxylic acids is 4. The third-order valence-electron chi connectivity index (χ3n) is 5.06. The quantitative estimate of drug-likeness (QED) is 0.736. The van der Waals surface area contributed by atoms with Crippen LogP contribution in [0.1, 0.15) is 41.5 Å². The van der Waals surface area contributed by atoms with E-state index in [1.54, 1.807) is 37.8 Å². The summed E-state index contributed by atoms with van der Waals surface area (Å²) in [5.41, 5.74) is -0.127. The number of likely N-dealkylation sites (tertiary alicyclic amines) is 1. The number of piperidine rings is 1. The van der Waals surface area contributed by atoms with Gasteiger partial charge in [-0.2, -0.15) is 0 Å². The van der Waals surface area contributed by atoms with Gasteiger partial charge < -0.3 is 14.5 Å². The van der Waals surface area contributed by atoms with Crippen LogP contribution in [0.15, 0.2) is 24.3 Å². The highest BCUT2D eigenvalue weighted by molar-refractivity contribution is 6.20. The summed E-state index contributed by atoms with van der Waals surface area (Å²) in [7, 11) is 0. The Morgan fingerprint density at radius 3 is 2.00 bits per heavy atom. The second kappa shape index (κ2) is 5.80. The molecule has 1 aromatic carbocycles. The van der Waals surface area contributed by atoms with Crippen molar-refractivity contribution < 1.29 is 28.8 Å². The largest absolute Gasteiger partial charge is 0.444 e. The van der Waals surface area contributed by atoms with Crippen molar-refractivity contribution in [3.05, 3.63) is 35.4 Å². The van der Waals surface area contributed by atoms with Gasteiger partial charge in [-0.15, -0.1) is 0 Å². The van der Waals surface area contributed by atoms with Crippen LogP contribution < -0.4 is 0 Å². The molecule has 1 aliphatic carbocycles. The number of nitrogens with zero attached hydrogens (tertiary/aromatic N) is 2. The van der Waals surface area contributed by atoms with Gasteiger partial charge in [0.2, 0.25) is 0 Å². The summed E-state index contributed by atoms with van der Waals surface area (Å²) in [6, 6.07) is 6.33. The highest BCUT2D eigenvalue weighted by Gasteiger charge is 2.62. The van der Waals surface area contributed by atoms with Crippen LogP contribution in [0.2, 0.25) is 0 Å². The van der Waals surface area contributed by atoms with Gasteiger partial charge in [-0.1, -0.05) is 17.2 Å². The second-order valence-electron chi connectivity index (χ2n) is 8.10. The first kappa shape index (κ1) is 17.5. The van der Waals surface area contributed by atoms with Crippen LogP contribution >= 0.6 is 0 Å². The Bertz CT molecular complexity index is 811. The van der Waals surface area contributed by atoms with Gasteiger partial charge in [0, 0.05) is 13.1 Å². The minimum atomic E-state index is -0.634. The highest BCUT2D eigenvalue weighted by atomic mass is 16.7. The molecule has 2 heterocycles. The average Bonchev–Trinajstić information content (AvgIpc) is 2.99. The summed E-state index contributed by atoms with van der Waals surface area (Å²) in [4.78, 5) is 55.7. The zero-order chi connectivity index (χ0) is 19.5. The van der Waals surface area contributed by atoms with Gasteiger partial charge in [-0.3, -0.25) is 9.59 Å². The van der Waals surface area contributed by atoms with E-state index < -0.39 is 35.4 Å². The van der Waals surface area contributed by atoms with Crippen LogP contribution in [0, 0.1) is 17.8 Å². The van der Waals surface area contributed by atoms with Gasteiger partial charge in [0.25, 0.3) is 11.8 Å². The summed E-state index contributed by atoms with van der Waals surface area (Å²) in [6.45, 7) is 6.20. The van der Waals surface area contributed by atoms with E-state index in [-0.39, 0.29) is 23.0 Å². The molecule has 27 heavy (non-hydrogen) atoms. The normalized spacial score (nSPS) is 26.0. The van der Waals surface area contributed by atoms with Crippen LogP contribution in [0.5, 0.6) is 0 Å². The van der Waals surface area contributed by atoms with Crippen molar-refractivity contribution in [2.45, 2.75) is 26.4 Å². The van der Waals surface area contributed by atoms with E-state index in [2.05, 4.69) is 0 Å². The SMILES string of the molecule is CC(C)(C)OC(=O)N1C[C@@H]2C(C(=O)ON3C(=O)c4ccccc4C3=O)[C@@H]2C1. The number of fused-ring (bicyclic) bond motifs is 2. The van der Waals surface area contributed by atoms with E-state index in [1.165, 1.54) is 12.1 Å². The summed E-state index contributed by atoms with van der Waals surface area (Å²) >= 11 is 0. The number of hydroxylamine groups is 2. The molecular formula is C19H20N2O6. The first-order valence-electron chi connectivity index (χ1n) is 8.85. The molecule has 1 saturated heterocycles. The van der Waals surface area contributed by atoms with Crippen LogP contribution in [-0.4, -0.2) is 52.5 Å². The fourth-order valence-electron chi connectivity index (χ4n) is 3.75. The van der Waals surface area contributed by atoms with E-state index in [0.717, 1.165) is 0 Å². The Hall–Kier alpha value is -2.90. The van der Waals surface area contributed by atoms with Crippen molar-refractivity contribution in [1.29, 1.82) is 0 Å². The molecule has 0 N–H and O–H groups in total. The first-order valence-corrected chi connectivity index (χ1v) is 8.85. The average molecular weight is 372 g/mol. The molecule has 1 unspecified atom stereocenters.